The lowest BCUT2D eigenvalue weighted by Crippen LogP contribution is -2.55. The van der Waals surface area contributed by atoms with Crippen LogP contribution in [0, 0.1) is 19.3 Å². The van der Waals surface area contributed by atoms with Crippen LogP contribution in [0.25, 0.3) is 0 Å². The fourth-order valence-corrected chi connectivity index (χ4v) is 4.74. The van der Waals surface area contributed by atoms with E-state index in [0.717, 1.165) is 6.04 Å². The van der Waals surface area contributed by atoms with Gasteiger partial charge in [-0.15, -0.1) is 11.3 Å². The molecule has 3 rings (SSSR count). The second-order valence-electron chi connectivity index (χ2n) is 7.08. The van der Waals surface area contributed by atoms with E-state index in [1.165, 1.54) is 54.1 Å². The fourth-order valence-electron chi connectivity index (χ4n) is 3.47. The van der Waals surface area contributed by atoms with Gasteiger partial charge in [-0.1, -0.05) is 26.7 Å². The lowest BCUT2D eigenvalue weighted by atomic mass is 9.63. The van der Waals surface area contributed by atoms with Crippen molar-refractivity contribution in [1.29, 1.82) is 0 Å². The summed E-state index contributed by atoms with van der Waals surface area (Å²) in [4.78, 5) is 6.32. The normalized spacial score (nSPS) is 30.5. The van der Waals surface area contributed by atoms with Gasteiger partial charge >= 0.3 is 0 Å². The quantitative estimate of drug-likeness (QED) is 0.891. The van der Waals surface area contributed by atoms with E-state index in [9.17, 15) is 0 Å². The Bertz CT molecular complexity index is 454. The fraction of sp³-hybridized carbons (Fsp3) is 0.812. The van der Waals surface area contributed by atoms with Crippen molar-refractivity contribution in [2.75, 3.05) is 0 Å². The van der Waals surface area contributed by atoms with Gasteiger partial charge < -0.3 is 5.32 Å². The van der Waals surface area contributed by atoms with Crippen molar-refractivity contribution in [2.24, 2.45) is 5.41 Å². The molecule has 2 aliphatic carbocycles. The molecule has 0 saturated heterocycles. The molecule has 2 fully saturated rings. The number of hydrogen-bond acceptors (Lipinski definition) is 3. The Morgan fingerprint density at radius 3 is 2.37 bits per heavy atom. The number of rotatable bonds is 3. The summed E-state index contributed by atoms with van der Waals surface area (Å²) >= 11 is 1.92. The Hall–Kier alpha value is -0.410. The molecule has 106 valence electrons. The molecule has 2 aliphatic rings. The van der Waals surface area contributed by atoms with Gasteiger partial charge in [0.1, 0.15) is 5.01 Å². The zero-order valence-corrected chi connectivity index (χ0v) is 13.5. The van der Waals surface area contributed by atoms with Crippen LogP contribution in [-0.2, 0) is 5.54 Å². The second-order valence-corrected chi connectivity index (χ2v) is 8.28. The van der Waals surface area contributed by atoms with Gasteiger partial charge in [-0.05, 0) is 44.9 Å². The molecule has 19 heavy (non-hydrogen) atoms. The van der Waals surface area contributed by atoms with E-state index >= 15 is 0 Å². The Kier molecular flexibility index (Phi) is 3.25. The summed E-state index contributed by atoms with van der Waals surface area (Å²) in [6.45, 7) is 9.23. The summed E-state index contributed by atoms with van der Waals surface area (Å²) in [7, 11) is 0. The summed E-state index contributed by atoms with van der Waals surface area (Å²) < 4.78 is 0. The Labute approximate surface area is 121 Å². The van der Waals surface area contributed by atoms with Crippen LogP contribution in [0.15, 0.2) is 0 Å². The summed E-state index contributed by atoms with van der Waals surface area (Å²) in [5.74, 6) is 0. The molecule has 2 saturated carbocycles. The largest absolute Gasteiger partial charge is 0.302 e. The van der Waals surface area contributed by atoms with Crippen LogP contribution < -0.4 is 5.32 Å². The first-order valence-corrected chi connectivity index (χ1v) is 8.48. The maximum absolute atomic E-state index is 4.94. The minimum atomic E-state index is 0.121. The van der Waals surface area contributed by atoms with E-state index in [-0.39, 0.29) is 5.54 Å². The molecule has 1 heterocycles. The molecule has 1 aromatic heterocycles. The molecule has 2 nitrogen and oxygen atoms in total. The first-order valence-electron chi connectivity index (χ1n) is 7.67. The highest BCUT2D eigenvalue weighted by atomic mass is 32.1. The van der Waals surface area contributed by atoms with Gasteiger partial charge in [-0.3, -0.25) is 0 Å². The minimum Gasteiger partial charge on any atom is -0.302 e. The van der Waals surface area contributed by atoms with E-state index in [0.29, 0.717) is 5.41 Å². The summed E-state index contributed by atoms with van der Waals surface area (Å²) in [6.07, 6.45) is 7.96. The maximum atomic E-state index is 4.94. The van der Waals surface area contributed by atoms with E-state index in [4.69, 9.17) is 4.98 Å². The minimum absolute atomic E-state index is 0.121. The van der Waals surface area contributed by atoms with Crippen LogP contribution in [0.5, 0.6) is 0 Å². The van der Waals surface area contributed by atoms with Gasteiger partial charge in [-0.25, -0.2) is 4.98 Å². The molecule has 0 amide bonds. The second kappa shape index (κ2) is 4.56. The Morgan fingerprint density at radius 1 is 1.16 bits per heavy atom. The highest BCUT2D eigenvalue weighted by Gasteiger charge is 2.51. The zero-order chi connectivity index (χ0) is 13.7. The van der Waals surface area contributed by atoms with Gasteiger partial charge in [0.05, 0.1) is 11.2 Å². The van der Waals surface area contributed by atoms with E-state index < -0.39 is 0 Å². The van der Waals surface area contributed by atoms with Crippen LogP contribution in [0.3, 0.4) is 0 Å². The first kappa shape index (κ1) is 13.6. The summed E-state index contributed by atoms with van der Waals surface area (Å²) in [5.41, 5.74) is 1.65. The highest BCUT2D eigenvalue weighted by Crippen LogP contribution is 2.52. The smallest absolute Gasteiger partial charge is 0.114 e. The Balaban J connectivity index is 2.04. The van der Waals surface area contributed by atoms with E-state index in [1.54, 1.807) is 0 Å². The van der Waals surface area contributed by atoms with Crippen molar-refractivity contribution in [3.63, 3.8) is 0 Å². The third-order valence-corrected chi connectivity index (χ3v) is 6.42. The van der Waals surface area contributed by atoms with E-state index in [2.05, 4.69) is 33.0 Å². The topological polar surface area (TPSA) is 24.9 Å². The predicted molar refractivity (Wildman–Crippen MR) is 81.7 cm³/mol. The average Bonchev–Trinajstić information content (AvgIpc) is 3.08. The van der Waals surface area contributed by atoms with Gasteiger partial charge in [0.15, 0.2) is 0 Å². The van der Waals surface area contributed by atoms with E-state index in [1.807, 2.05) is 11.3 Å². The van der Waals surface area contributed by atoms with Crippen molar-refractivity contribution in [3.05, 3.63) is 15.6 Å². The van der Waals surface area contributed by atoms with Gasteiger partial charge in [-0.2, -0.15) is 0 Å². The van der Waals surface area contributed by atoms with Crippen LogP contribution in [-0.4, -0.2) is 11.0 Å². The lowest BCUT2D eigenvalue weighted by molar-refractivity contribution is 0.0570. The maximum Gasteiger partial charge on any atom is 0.114 e. The number of hydrogen-bond donors (Lipinski definition) is 1. The standard InChI is InChI=1S/C16H26N2S/c1-11-12(2)19-14(17-11)16(18-13-7-8-13)10-6-5-9-15(16,3)4/h13,18H,5-10H2,1-4H3. The van der Waals surface area contributed by atoms with Gasteiger partial charge in [0, 0.05) is 10.9 Å². The Morgan fingerprint density at radius 2 is 1.84 bits per heavy atom. The molecule has 1 atom stereocenters. The molecule has 0 radical (unpaired) electrons. The summed E-state index contributed by atoms with van der Waals surface area (Å²) in [6, 6.07) is 0.738. The highest BCUT2D eigenvalue weighted by molar-refractivity contribution is 7.11. The molecule has 0 spiro atoms. The van der Waals surface area contributed by atoms with Crippen LogP contribution in [0.1, 0.15) is 68.0 Å². The third kappa shape index (κ3) is 2.25. The van der Waals surface area contributed by atoms with Crippen molar-refractivity contribution in [2.45, 2.75) is 77.8 Å². The van der Waals surface area contributed by atoms with Crippen molar-refractivity contribution >= 4 is 11.3 Å². The van der Waals surface area contributed by atoms with Crippen LogP contribution in [0.2, 0.25) is 0 Å². The molecule has 0 bridgehead atoms. The molecule has 3 heteroatoms. The molecular weight excluding hydrogens is 252 g/mol. The lowest BCUT2D eigenvalue weighted by Gasteiger charge is -2.50. The zero-order valence-electron chi connectivity index (χ0n) is 12.7. The third-order valence-electron chi connectivity index (χ3n) is 5.18. The average molecular weight is 278 g/mol. The molecule has 1 N–H and O–H groups in total. The number of aryl methyl sites for hydroxylation is 2. The van der Waals surface area contributed by atoms with Crippen LogP contribution >= 0.6 is 11.3 Å². The van der Waals surface area contributed by atoms with Gasteiger partial charge in [0.2, 0.25) is 0 Å². The SMILES string of the molecule is Cc1nc(C2(NC3CC3)CCCCC2(C)C)sc1C. The molecule has 1 unspecified atom stereocenters. The number of nitrogens with zero attached hydrogens (tertiary/aromatic N) is 1. The predicted octanol–water partition coefficient (Wildman–Crippen LogP) is 4.31. The molecule has 0 aliphatic heterocycles. The molecule has 1 aromatic rings. The number of aromatic nitrogens is 1. The molecular formula is C16H26N2S. The number of nitrogens with one attached hydrogen (secondary N) is 1. The summed E-state index contributed by atoms with van der Waals surface area (Å²) in [5, 5.41) is 5.35. The van der Waals surface area contributed by atoms with Gasteiger partial charge in [0.25, 0.3) is 0 Å². The monoisotopic (exact) mass is 278 g/mol. The van der Waals surface area contributed by atoms with Crippen molar-refractivity contribution in [3.8, 4) is 0 Å². The van der Waals surface area contributed by atoms with Crippen LogP contribution in [0.4, 0.5) is 0 Å². The first-order chi connectivity index (χ1) is 8.95. The van der Waals surface area contributed by atoms with Crippen molar-refractivity contribution in [1.82, 2.24) is 10.3 Å². The van der Waals surface area contributed by atoms with Crippen molar-refractivity contribution < 1.29 is 0 Å². The molecule has 0 aromatic carbocycles. The number of thiazole rings is 1.